The van der Waals surface area contributed by atoms with Crippen LogP contribution in [0.2, 0.25) is 5.02 Å². The van der Waals surface area contributed by atoms with Crippen LogP contribution in [0, 0.1) is 5.41 Å². The molecule has 0 bridgehead atoms. The lowest BCUT2D eigenvalue weighted by molar-refractivity contribution is 0.0891. The first-order chi connectivity index (χ1) is 13.9. The molecule has 2 unspecified atom stereocenters. The maximum atomic E-state index is 6.46. The maximum Gasteiger partial charge on any atom is 0.158 e. The second kappa shape index (κ2) is 8.14. The minimum absolute atomic E-state index is 0.171. The zero-order chi connectivity index (χ0) is 20.6. The molecule has 8 nitrogen and oxygen atoms in total. The normalized spacial score (nSPS) is 23.6. The molecular weight excluding hydrogens is 410 g/mol. The summed E-state index contributed by atoms with van der Waals surface area (Å²) in [4.78, 5) is 16.0. The van der Waals surface area contributed by atoms with E-state index in [1.165, 1.54) is 11.8 Å². The summed E-state index contributed by atoms with van der Waals surface area (Å²) in [6.07, 6.45) is 7.68. The average molecular weight is 436 g/mol. The van der Waals surface area contributed by atoms with E-state index < -0.39 is 0 Å². The summed E-state index contributed by atoms with van der Waals surface area (Å²) in [7, 11) is 1.77. The van der Waals surface area contributed by atoms with Crippen LogP contribution in [-0.2, 0) is 4.74 Å². The Kier molecular flexibility index (Phi) is 5.74. The molecule has 2 aromatic heterocycles. The van der Waals surface area contributed by atoms with Gasteiger partial charge in [-0.2, -0.15) is 0 Å². The lowest BCUT2D eigenvalue weighted by Gasteiger charge is -2.42. The van der Waals surface area contributed by atoms with Gasteiger partial charge in [0, 0.05) is 37.3 Å². The summed E-state index contributed by atoms with van der Waals surface area (Å²) in [5.41, 5.74) is 18.6. The predicted molar refractivity (Wildman–Crippen MR) is 116 cm³/mol. The van der Waals surface area contributed by atoms with Crippen LogP contribution in [0.4, 0.5) is 17.5 Å². The number of rotatable bonds is 4. The van der Waals surface area contributed by atoms with Crippen LogP contribution in [0.15, 0.2) is 28.4 Å². The number of halogens is 1. The van der Waals surface area contributed by atoms with Crippen molar-refractivity contribution in [1.82, 2.24) is 15.0 Å². The Balaban J connectivity index is 1.44. The third-order valence-electron chi connectivity index (χ3n) is 6.19. The number of hydrogen-bond donors (Lipinski definition) is 3. The lowest BCUT2D eigenvalue weighted by Crippen LogP contribution is -2.47. The number of aromatic nitrogens is 3. The number of hydrogen-bond acceptors (Lipinski definition) is 9. The molecule has 2 fully saturated rings. The second-order valence-electron chi connectivity index (χ2n) is 7.78. The first-order valence-electron chi connectivity index (χ1n) is 9.65. The lowest BCUT2D eigenvalue weighted by atomic mass is 9.74. The van der Waals surface area contributed by atoms with Gasteiger partial charge in [-0.05, 0) is 37.2 Å². The van der Waals surface area contributed by atoms with Gasteiger partial charge in [0.1, 0.15) is 16.7 Å². The Hall–Kier alpha value is -1.81. The molecule has 2 atom stereocenters. The van der Waals surface area contributed by atoms with Crippen molar-refractivity contribution in [3.63, 3.8) is 0 Å². The molecule has 2 aromatic rings. The van der Waals surface area contributed by atoms with Crippen molar-refractivity contribution in [2.75, 3.05) is 36.6 Å². The first kappa shape index (κ1) is 20.5. The minimum Gasteiger partial charge on any atom is -0.382 e. The fourth-order valence-corrected chi connectivity index (χ4v) is 5.41. The van der Waals surface area contributed by atoms with Crippen LogP contribution in [0.5, 0.6) is 0 Å². The zero-order valence-electron chi connectivity index (χ0n) is 16.3. The number of pyridine rings is 1. The SMILES string of the molecule is COC1CC(N)C2(CCN(c3cnc(Sc4ccnc(N)c4Cl)c(N)n3)CC2)C1. The molecule has 1 aliphatic carbocycles. The number of ether oxygens (including phenoxy) is 1. The summed E-state index contributed by atoms with van der Waals surface area (Å²) in [6.45, 7) is 1.77. The third kappa shape index (κ3) is 3.96. The van der Waals surface area contributed by atoms with Crippen LogP contribution >= 0.6 is 23.4 Å². The maximum absolute atomic E-state index is 6.46. The van der Waals surface area contributed by atoms with E-state index in [1.54, 1.807) is 25.6 Å². The molecule has 1 spiro atoms. The topological polar surface area (TPSA) is 129 Å². The number of nitrogens with zero attached hydrogens (tertiary/aromatic N) is 4. The van der Waals surface area contributed by atoms with E-state index >= 15 is 0 Å². The second-order valence-corrected chi connectivity index (χ2v) is 9.19. The molecule has 6 N–H and O–H groups in total. The van der Waals surface area contributed by atoms with Crippen LogP contribution in [-0.4, -0.2) is 47.3 Å². The van der Waals surface area contributed by atoms with E-state index in [4.69, 9.17) is 33.5 Å². The summed E-state index contributed by atoms with van der Waals surface area (Å²) >= 11 is 7.54. The van der Waals surface area contributed by atoms with Crippen molar-refractivity contribution in [3.8, 4) is 0 Å². The molecule has 1 saturated heterocycles. The molecule has 3 heterocycles. The van der Waals surface area contributed by atoms with Crippen LogP contribution in [0.1, 0.15) is 25.7 Å². The number of methoxy groups -OCH3 is 1. The zero-order valence-corrected chi connectivity index (χ0v) is 17.9. The Bertz CT molecular complexity index is 891. The molecular formula is C19H26ClN7OS. The van der Waals surface area contributed by atoms with Gasteiger partial charge >= 0.3 is 0 Å². The largest absolute Gasteiger partial charge is 0.382 e. The Labute approximate surface area is 179 Å². The van der Waals surface area contributed by atoms with E-state index in [0.717, 1.165) is 49.5 Å². The van der Waals surface area contributed by atoms with Crippen molar-refractivity contribution in [2.45, 2.75) is 47.8 Å². The molecule has 1 saturated carbocycles. The summed E-state index contributed by atoms with van der Waals surface area (Å²) < 4.78 is 5.56. The Morgan fingerprint density at radius 2 is 2.00 bits per heavy atom. The van der Waals surface area contributed by atoms with E-state index in [0.29, 0.717) is 15.9 Å². The summed E-state index contributed by atoms with van der Waals surface area (Å²) in [6, 6.07) is 1.97. The summed E-state index contributed by atoms with van der Waals surface area (Å²) in [5.74, 6) is 1.44. The molecule has 0 radical (unpaired) electrons. The molecule has 2 aliphatic rings. The van der Waals surface area contributed by atoms with Crippen LogP contribution < -0.4 is 22.1 Å². The monoisotopic (exact) mass is 435 g/mol. The smallest absolute Gasteiger partial charge is 0.158 e. The number of anilines is 3. The third-order valence-corrected chi connectivity index (χ3v) is 7.77. The van der Waals surface area contributed by atoms with Gasteiger partial charge in [-0.25, -0.2) is 15.0 Å². The van der Waals surface area contributed by atoms with Gasteiger partial charge in [0.15, 0.2) is 5.82 Å². The van der Waals surface area contributed by atoms with Crippen molar-refractivity contribution < 1.29 is 4.74 Å². The van der Waals surface area contributed by atoms with Crippen LogP contribution in [0.3, 0.4) is 0 Å². The van der Waals surface area contributed by atoms with Gasteiger partial charge in [-0.1, -0.05) is 23.4 Å². The van der Waals surface area contributed by atoms with Crippen molar-refractivity contribution >= 4 is 40.8 Å². The van der Waals surface area contributed by atoms with Gasteiger partial charge in [0.05, 0.1) is 17.3 Å². The van der Waals surface area contributed by atoms with Gasteiger partial charge in [-0.3, -0.25) is 0 Å². The van der Waals surface area contributed by atoms with Gasteiger partial charge in [0.2, 0.25) is 0 Å². The molecule has 0 aromatic carbocycles. The minimum atomic E-state index is 0.171. The highest BCUT2D eigenvalue weighted by molar-refractivity contribution is 7.99. The molecule has 0 amide bonds. The number of nitrogens with two attached hydrogens (primary N) is 3. The summed E-state index contributed by atoms with van der Waals surface area (Å²) in [5, 5.41) is 0.988. The van der Waals surface area contributed by atoms with Gasteiger partial charge in [-0.15, -0.1) is 0 Å². The van der Waals surface area contributed by atoms with Crippen LogP contribution in [0.25, 0.3) is 0 Å². The fraction of sp³-hybridized carbons (Fsp3) is 0.526. The highest BCUT2D eigenvalue weighted by Crippen LogP contribution is 2.47. The van der Waals surface area contributed by atoms with Crippen molar-refractivity contribution in [3.05, 3.63) is 23.5 Å². The molecule has 156 valence electrons. The highest BCUT2D eigenvalue weighted by Gasteiger charge is 2.47. The predicted octanol–water partition coefficient (Wildman–Crippen LogP) is 2.56. The molecule has 1 aliphatic heterocycles. The Morgan fingerprint density at radius 3 is 2.66 bits per heavy atom. The van der Waals surface area contributed by atoms with Crippen molar-refractivity contribution in [2.24, 2.45) is 11.1 Å². The van der Waals surface area contributed by atoms with Gasteiger partial charge in [0.25, 0.3) is 0 Å². The Morgan fingerprint density at radius 1 is 1.24 bits per heavy atom. The van der Waals surface area contributed by atoms with E-state index in [9.17, 15) is 0 Å². The van der Waals surface area contributed by atoms with Gasteiger partial charge < -0.3 is 26.8 Å². The van der Waals surface area contributed by atoms with Crippen molar-refractivity contribution in [1.29, 1.82) is 0 Å². The standard InChI is InChI=1S/C19H26ClN7OS/c1-28-11-8-13(21)19(9-11)3-6-27(7-4-19)14-10-25-18(17(23)26-14)29-12-2-5-24-16(22)15(12)20/h2,5,10-11,13H,3-4,6-9,21H2,1H3,(H2,22,24)(H2,23,26). The molecule has 4 rings (SSSR count). The highest BCUT2D eigenvalue weighted by atomic mass is 35.5. The van der Waals surface area contributed by atoms with E-state index in [2.05, 4.69) is 19.9 Å². The number of piperidine rings is 1. The number of nitrogen functional groups attached to an aromatic ring is 2. The first-order valence-corrected chi connectivity index (χ1v) is 10.8. The molecule has 29 heavy (non-hydrogen) atoms. The average Bonchev–Trinajstić information content (AvgIpc) is 3.02. The molecule has 10 heteroatoms. The van der Waals surface area contributed by atoms with E-state index in [-0.39, 0.29) is 23.4 Å². The fourth-order valence-electron chi connectivity index (χ4n) is 4.39. The quantitative estimate of drug-likeness (QED) is 0.663. The van der Waals surface area contributed by atoms with E-state index in [1.807, 2.05) is 0 Å².